The molecule has 0 fully saturated rings. The van der Waals surface area contributed by atoms with Crippen LogP contribution in [-0.4, -0.2) is 15.8 Å². The van der Waals surface area contributed by atoms with Crippen molar-refractivity contribution in [1.82, 2.24) is 15.1 Å². The summed E-state index contributed by atoms with van der Waals surface area (Å²) in [6.07, 6.45) is 4.61. The maximum atomic E-state index is 4.39. The fourth-order valence-electron chi connectivity index (χ4n) is 2.40. The van der Waals surface area contributed by atoms with Gasteiger partial charge in [-0.3, -0.25) is 4.68 Å². The predicted octanol–water partition coefficient (Wildman–Crippen LogP) is 3.20. The molecule has 0 radical (unpaired) electrons. The Labute approximate surface area is 106 Å². The predicted molar refractivity (Wildman–Crippen MR) is 73.0 cm³/mol. The van der Waals surface area contributed by atoms with Gasteiger partial charge in [0.2, 0.25) is 0 Å². The lowest BCUT2D eigenvalue weighted by molar-refractivity contribution is 0.385. The molecule has 98 valence electrons. The van der Waals surface area contributed by atoms with Crippen LogP contribution in [0.1, 0.15) is 57.8 Å². The van der Waals surface area contributed by atoms with Crippen molar-refractivity contribution < 1.29 is 0 Å². The average Bonchev–Trinajstić information content (AvgIpc) is 2.57. The second-order valence-corrected chi connectivity index (χ2v) is 5.38. The number of nitrogens with zero attached hydrogens (tertiary/aromatic N) is 2. The molecule has 0 saturated heterocycles. The first kappa shape index (κ1) is 14.2. The zero-order valence-electron chi connectivity index (χ0n) is 12.1. The van der Waals surface area contributed by atoms with Crippen LogP contribution in [0.25, 0.3) is 0 Å². The third-order valence-electron chi connectivity index (χ3n) is 3.51. The molecule has 1 aromatic rings. The number of aromatic nitrogens is 2. The third kappa shape index (κ3) is 4.15. The fraction of sp³-hybridized carbons (Fsp3) is 0.786. The highest BCUT2D eigenvalue weighted by molar-refractivity contribution is 5.19. The monoisotopic (exact) mass is 237 g/mol. The first-order chi connectivity index (χ1) is 7.93. The molecular weight excluding hydrogens is 210 g/mol. The maximum absolute atomic E-state index is 4.39. The molecular formula is C14H27N3. The van der Waals surface area contributed by atoms with E-state index in [4.69, 9.17) is 0 Å². The Morgan fingerprint density at radius 3 is 2.47 bits per heavy atom. The number of nitrogens with one attached hydrogen (secondary N) is 1. The summed E-state index contributed by atoms with van der Waals surface area (Å²) in [5.74, 6) is 0.791. The van der Waals surface area contributed by atoms with Crippen molar-refractivity contribution in [3.05, 3.63) is 17.5 Å². The normalized spacial score (nSPS) is 16.8. The van der Waals surface area contributed by atoms with Crippen LogP contribution < -0.4 is 5.32 Å². The molecule has 0 saturated carbocycles. The van der Waals surface area contributed by atoms with Crippen LogP contribution in [0.3, 0.4) is 0 Å². The lowest BCUT2D eigenvalue weighted by Gasteiger charge is -2.22. The van der Waals surface area contributed by atoms with Gasteiger partial charge in [-0.15, -0.1) is 0 Å². The molecule has 1 heterocycles. The quantitative estimate of drug-likeness (QED) is 0.823. The minimum absolute atomic E-state index is 0.378. The van der Waals surface area contributed by atoms with Crippen LogP contribution in [0.4, 0.5) is 0 Å². The van der Waals surface area contributed by atoms with E-state index in [0.717, 1.165) is 11.6 Å². The summed E-state index contributed by atoms with van der Waals surface area (Å²) in [5, 5.41) is 8.06. The molecule has 3 heteroatoms. The van der Waals surface area contributed by atoms with Crippen LogP contribution in [0.5, 0.6) is 0 Å². The van der Waals surface area contributed by atoms with Gasteiger partial charge in [-0.2, -0.15) is 5.10 Å². The highest BCUT2D eigenvalue weighted by atomic mass is 15.3. The summed E-state index contributed by atoms with van der Waals surface area (Å²) >= 11 is 0. The number of hydrogen-bond donors (Lipinski definition) is 1. The van der Waals surface area contributed by atoms with E-state index in [0.29, 0.717) is 12.1 Å². The number of hydrogen-bond acceptors (Lipinski definition) is 2. The first-order valence-electron chi connectivity index (χ1n) is 6.70. The van der Waals surface area contributed by atoms with E-state index in [1.54, 1.807) is 0 Å². The molecule has 0 amide bonds. The Bertz CT molecular complexity index is 343. The van der Waals surface area contributed by atoms with E-state index in [9.17, 15) is 0 Å². The highest BCUT2D eigenvalue weighted by Crippen LogP contribution is 2.18. The molecule has 3 unspecified atom stereocenters. The van der Waals surface area contributed by atoms with E-state index in [1.807, 2.05) is 11.7 Å². The van der Waals surface area contributed by atoms with Gasteiger partial charge in [0, 0.05) is 30.9 Å². The molecule has 0 spiro atoms. The Balaban J connectivity index is 2.54. The molecule has 3 atom stereocenters. The minimum atomic E-state index is 0.378. The second-order valence-electron chi connectivity index (χ2n) is 5.38. The lowest BCUT2D eigenvalue weighted by atomic mass is 9.99. The molecule has 17 heavy (non-hydrogen) atoms. The van der Waals surface area contributed by atoms with Crippen molar-refractivity contribution in [2.45, 2.75) is 59.5 Å². The summed E-state index contributed by atoms with van der Waals surface area (Å²) in [7, 11) is 1.98. The van der Waals surface area contributed by atoms with Crippen molar-refractivity contribution >= 4 is 0 Å². The molecule has 1 N–H and O–H groups in total. The first-order valence-corrected chi connectivity index (χ1v) is 6.70. The van der Waals surface area contributed by atoms with Crippen molar-refractivity contribution in [1.29, 1.82) is 0 Å². The molecule has 3 nitrogen and oxygen atoms in total. The van der Waals surface area contributed by atoms with Gasteiger partial charge in [-0.05, 0) is 33.1 Å². The van der Waals surface area contributed by atoms with Crippen LogP contribution in [-0.2, 0) is 7.05 Å². The number of rotatable bonds is 6. The Morgan fingerprint density at radius 2 is 2.00 bits per heavy atom. The van der Waals surface area contributed by atoms with Crippen molar-refractivity contribution in [3.63, 3.8) is 0 Å². The van der Waals surface area contributed by atoms with E-state index in [2.05, 4.69) is 51.2 Å². The summed E-state index contributed by atoms with van der Waals surface area (Å²) in [6, 6.07) is 0.933. The Hall–Kier alpha value is -0.830. The van der Waals surface area contributed by atoms with Crippen LogP contribution in [0, 0.1) is 12.8 Å². The van der Waals surface area contributed by atoms with Gasteiger partial charge in [0.05, 0.1) is 5.69 Å². The summed E-state index contributed by atoms with van der Waals surface area (Å²) < 4.78 is 1.89. The highest BCUT2D eigenvalue weighted by Gasteiger charge is 2.15. The summed E-state index contributed by atoms with van der Waals surface area (Å²) in [5.41, 5.74) is 2.44. The molecule has 1 rings (SSSR count). The molecule has 0 aliphatic rings. The molecule has 0 aliphatic heterocycles. The van der Waals surface area contributed by atoms with Gasteiger partial charge in [0.15, 0.2) is 0 Å². The van der Waals surface area contributed by atoms with Crippen LogP contribution in [0.2, 0.25) is 0 Å². The van der Waals surface area contributed by atoms with Gasteiger partial charge in [-0.1, -0.05) is 20.3 Å². The van der Waals surface area contributed by atoms with Crippen LogP contribution in [0.15, 0.2) is 6.20 Å². The molecule has 0 bridgehead atoms. The van der Waals surface area contributed by atoms with Gasteiger partial charge in [-0.25, -0.2) is 0 Å². The summed E-state index contributed by atoms with van der Waals surface area (Å²) in [4.78, 5) is 0. The lowest BCUT2D eigenvalue weighted by Crippen LogP contribution is -2.30. The van der Waals surface area contributed by atoms with Crippen LogP contribution >= 0.6 is 0 Å². The van der Waals surface area contributed by atoms with Gasteiger partial charge in [0.1, 0.15) is 0 Å². The van der Waals surface area contributed by atoms with Crippen molar-refractivity contribution in [2.24, 2.45) is 13.0 Å². The van der Waals surface area contributed by atoms with E-state index >= 15 is 0 Å². The SMILES string of the molecule is CCC(C)CC(C)NC(C)c1cn(C)nc1C. The Morgan fingerprint density at radius 1 is 1.35 bits per heavy atom. The molecule has 1 aromatic heterocycles. The maximum Gasteiger partial charge on any atom is 0.0641 e. The van der Waals surface area contributed by atoms with Gasteiger partial charge in [0.25, 0.3) is 0 Å². The van der Waals surface area contributed by atoms with Gasteiger partial charge < -0.3 is 5.32 Å². The minimum Gasteiger partial charge on any atom is -0.308 e. The third-order valence-corrected chi connectivity index (χ3v) is 3.51. The topological polar surface area (TPSA) is 29.9 Å². The van der Waals surface area contributed by atoms with E-state index < -0.39 is 0 Å². The molecule has 0 aromatic carbocycles. The second kappa shape index (κ2) is 6.20. The van der Waals surface area contributed by atoms with Gasteiger partial charge >= 0.3 is 0 Å². The largest absolute Gasteiger partial charge is 0.308 e. The molecule has 0 aliphatic carbocycles. The fourth-order valence-corrected chi connectivity index (χ4v) is 2.40. The van der Waals surface area contributed by atoms with Crippen molar-refractivity contribution in [3.8, 4) is 0 Å². The van der Waals surface area contributed by atoms with E-state index in [-0.39, 0.29) is 0 Å². The zero-order valence-corrected chi connectivity index (χ0v) is 12.1. The average molecular weight is 237 g/mol. The number of aryl methyl sites for hydroxylation is 2. The standard InChI is InChI=1S/C14H27N3/c1-7-10(2)8-11(3)15-12(4)14-9-17(6)16-13(14)5/h9-12,15H,7-8H2,1-6H3. The van der Waals surface area contributed by atoms with E-state index in [1.165, 1.54) is 18.4 Å². The Kier molecular flexibility index (Phi) is 5.19. The zero-order chi connectivity index (χ0) is 13.0. The smallest absolute Gasteiger partial charge is 0.0641 e. The summed E-state index contributed by atoms with van der Waals surface area (Å²) in [6.45, 7) is 11.1. The van der Waals surface area contributed by atoms with Crippen molar-refractivity contribution in [2.75, 3.05) is 0 Å².